The number of rotatable bonds is 7. The molecular weight excluding hydrogens is 234 g/mol. The summed E-state index contributed by atoms with van der Waals surface area (Å²) in [6, 6.07) is 3.03. The van der Waals surface area contributed by atoms with Gasteiger partial charge < -0.3 is 9.80 Å². The van der Waals surface area contributed by atoms with Crippen molar-refractivity contribution >= 4 is 0 Å². The van der Waals surface area contributed by atoms with Crippen molar-refractivity contribution in [1.82, 2.24) is 9.80 Å². The Morgan fingerprint density at radius 1 is 1.16 bits per heavy atom. The van der Waals surface area contributed by atoms with Gasteiger partial charge in [0.15, 0.2) is 0 Å². The van der Waals surface area contributed by atoms with Crippen molar-refractivity contribution in [3.8, 4) is 6.07 Å². The molecule has 0 aromatic heterocycles. The lowest BCUT2D eigenvalue weighted by molar-refractivity contribution is 0.118. The summed E-state index contributed by atoms with van der Waals surface area (Å²) in [6.45, 7) is 4.51. The number of hydrogen-bond donors (Lipinski definition) is 0. The largest absolute Gasteiger partial charge is 0.309 e. The Morgan fingerprint density at radius 3 is 2.47 bits per heavy atom. The van der Waals surface area contributed by atoms with Crippen molar-refractivity contribution in [1.29, 1.82) is 5.26 Å². The first-order valence-electron chi connectivity index (χ1n) is 7.83. The van der Waals surface area contributed by atoms with Crippen molar-refractivity contribution in [2.24, 2.45) is 11.8 Å². The zero-order valence-corrected chi connectivity index (χ0v) is 13.2. The number of hydrogen-bond acceptors (Lipinski definition) is 3. The third kappa shape index (κ3) is 5.50. The summed E-state index contributed by atoms with van der Waals surface area (Å²) in [5.41, 5.74) is 0. The van der Waals surface area contributed by atoms with E-state index in [2.05, 4.69) is 43.9 Å². The zero-order chi connectivity index (χ0) is 14.3. The Hall–Kier alpha value is -0.590. The molecule has 110 valence electrons. The molecule has 1 rings (SSSR count). The molecule has 0 heterocycles. The zero-order valence-electron chi connectivity index (χ0n) is 13.2. The SMILES string of the molecule is CCCC1CCC(C#N)C(N(C)CCCN(C)C)C1. The van der Waals surface area contributed by atoms with E-state index in [1.165, 1.54) is 32.1 Å². The molecule has 3 heteroatoms. The lowest BCUT2D eigenvalue weighted by Gasteiger charge is -2.38. The van der Waals surface area contributed by atoms with Crippen molar-refractivity contribution in [3.05, 3.63) is 0 Å². The van der Waals surface area contributed by atoms with Crippen LogP contribution in [0.4, 0.5) is 0 Å². The van der Waals surface area contributed by atoms with Gasteiger partial charge in [0.25, 0.3) is 0 Å². The van der Waals surface area contributed by atoms with Gasteiger partial charge in [-0.2, -0.15) is 5.26 Å². The van der Waals surface area contributed by atoms with Gasteiger partial charge in [0, 0.05) is 6.04 Å². The molecular formula is C16H31N3. The molecule has 1 aliphatic rings. The summed E-state index contributed by atoms with van der Waals surface area (Å²) < 4.78 is 0. The van der Waals surface area contributed by atoms with Gasteiger partial charge >= 0.3 is 0 Å². The molecule has 0 bridgehead atoms. The summed E-state index contributed by atoms with van der Waals surface area (Å²) >= 11 is 0. The van der Waals surface area contributed by atoms with Crippen molar-refractivity contribution < 1.29 is 0 Å². The molecule has 19 heavy (non-hydrogen) atoms. The minimum atomic E-state index is 0.248. The van der Waals surface area contributed by atoms with E-state index in [-0.39, 0.29) is 5.92 Å². The molecule has 0 N–H and O–H groups in total. The molecule has 1 saturated carbocycles. The van der Waals surface area contributed by atoms with E-state index in [4.69, 9.17) is 0 Å². The summed E-state index contributed by atoms with van der Waals surface area (Å²) in [4.78, 5) is 4.68. The van der Waals surface area contributed by atoms with Gasteiger partial charge in [-0.1, -0.05) is 19.8 Å². The standard InChI is InChI=1S/C16H31N3/c1-5-7-14-8-9-15(13-17)16(12-14)19(4)11-6-10-18(2)3/h14-16H,5-12H2,1-4H3. The third-order valence-electron chi connectivity index (χ3n) is 4.47. The van der Waals surface area contributed by atoms with Gasteiger partial charge in [-0.25, -0.2) is 0 Å². The molecule has 3 unspecified atom stereocenters. The van der Waals surface area contributed by atoms with Gasteiger partial charge in [-0.15, -0.1) is 0 Å². The summed E-state index contributed by atoms with van der Waals surface area (Å²) in [6.07, 6.45) is 7.39. The first kappa shape index (κ1) is 16.5. The highest BCUT2D eigenvalue weighted by atomic mass is 15.1. The van der Waals surface area contributed by atoms with Crippen LogP contribution in [0.3, 0.4) is 0 Å². The van der Waals surface area contributed by atoms with E-state index in [1.807, 2.05) is 0 Å². The molecule has 0 amide bonds. The Bertz CT molecular complexity index is 282. The van der Waals surface area contributed by atoms with Crippen molar-refractivity contribution in [3.63, 3.8) is 0 Å². The van der Waals surface area contributed by atoms with Crippen LogP contribution in [0.5, 0.6) is 0 Å². The smallest absolute Gasteiger partial charge is 0.0672 e. The quantitative estimate of drug-likeness (QED) is 0.709. The van der Waals surface area contributed by atoms with E-state index >= 15 is 0 Å². The molecule has 0 spiro atoms. The predicted molar refractivity (Wildman–Crippen MR) is 80.9 cm³/mol. The van der Waals surface area contributed by atoms with E-state index in [9.17, 15) is 5.26 Å². The fourth-order valence-corrected chi connectivity index (χ4v) is 3.34. The van der Waals surface area contributed by atoms with E-state index < -0.39 is 0 Å². The van der Waals surface area contributed by atoms with Crippen LogP contribution in [0.2, 0.25) is 0 Å². The van der Waals surface area contributed by atoms with Gasteiger partial charge in [0.2, 0.25) is 0 Å². The first-order chi connectivity index (χ1) is 9.08. The van der Waals surface area contributed by atoms with Gasteiger partial charge in [0.05, 0.1) is 12.0 Å². The number of nitrogens with zero attached hydrogens (tertiary/aromatic N) is 3. The van der Waals surface area contributed by atoms with Crippen LogP contribution in [0.25, 0.3) is 0 Å². The molecule has 1 fully saturated rings. The maximum Gasteiger partial charge on any atom is 0.0672 e. The molecule has 0 aliphatic heterocycles. The molecule has 3 atom stereocenters. The second-order valence-corrected chi connectivity index (χ2v) is 6.41. The van der Waals surface area contributed by atoms with Crippen LogP contribution in [0.15, 0.2) is 0 Å². The van der Waals surface area contributed by atoms with Gasteiger partial charge in [-0.05, 0) is 65.8 Å². The van der Waals surface area contributed by atoms with Crippen LogP contribution in [0.1, 0.15) is 45.4 Å². The Morgan fingerprint density at radius 2 is 1.89 bits per heavy atom. The Balaban J connectivity index is 2.47. The molecule has 3 nitrogen and oxygen atoms in total. The van der Waals surface area contributed by atoms with E-state index in [0.717, 1.165) is 25.4 Å². The lowest BCUT2D eigenvalue weighted by atomic mass is 9.76. The number of nitriles is 1. The second-order valence-electron chi connectivity index (χ2n) is 6.41. The van der Waals surface area contributed by atoms with E-state index in [0.29, 0.717) is 6.04 Å². The molecule has 0 radical (unpaired) electrons. The Labute approximate surface area is 119 Å². The maximum absolute atomic E-state index is 9.36. The van der Waals surface area contributed by atoms with Crippen molar-refractivity contribution in [2.45, 2.75) is 51.5 Å². The monoisotopic (exact) mass is 265 g/mol. The minimum absolute atomic E-state index is 0.248. The van der Waals surface area contributed by atoms with Crippen LogP contribution in [0, 0.1) is 23.2 Å². The highest BCUT2D eigenvalue weighted by molar-refractivity contribution is 4.97. The predicted octanol–water partition coefficient (Wildman–Crippen LogP) is 2.98. The van der Waals surface area contributed by atoms with E-state index in [1.54, 1.807) is 0 Å². The summed E-state index contributed by atoms with van der Waals surface area (Å²) in [5, 5.41) is 9.36. The van der Waals surface area contributed by atoms with Gasteiger partial charge in [0.1, 0.15) is 0 Å². The first-order valence-corrected chi connectivity index (χ1v) is 7.83. The average Bonchev–Trinajstić information content (AvgIpc) is 2.38. The third-order valence-corrected chi connectivity index (χ3v) is 4.47. The van der Waals surface area contributed by atoms with Gasteiger partial charge in [-0.3, -0.25) is 0 Å². The molecule has 1 aliphatic carbocycles. The average molecular weight is 265 g/mol. The summed E-state index contributed by atoms with van der Waals surface area (Å²) in [5.74, 6) is 1.09. The normalized spacial score (nSPS) is 27.7. The van der Waals surface area contributed by atoms with Crippen LogP contribution >= 0.6 is 0 Å². The highest BCUT2D eigenvalue weighted by Gasteiger charge is 2.32. The second kappa shape index (κ2) is 8.55. The van der Waals surface area contributed by atoms with Crippen molar-refractivity contribution in [2.75, 3.05) is 34.2 Å². The van der Waals surface area contributed by atoms with Crippen LogP contribution in [-0.4, -0.2) is 50.1 Å². The fraction of sp³-hybridized carbons (Fsp3) is 0.938. The van der Waals surface area contributed by atoms with Crippen LogP contribution < -0.4 is 0 Å². The van der Waals surface area contributed by atoms with Crippen LogP contribution in [-0.2, 0) is 0 Å². The Kier molecular flexibility index (Phi) is 7.41. The topological polar surface area (TPSA) is 30.3 Å². The molecule has 0 aromatic rings. The minimum Gasteiger partial charge on any atom is -0.309 e. The maximum atomic E-state index is 9.36. The fourth-order valence-electron chi connectivity index (χ4n) is 3.34. The molecule has 0 aromatic carbocycles. The highest BCUT2D eigenvalue weighted by Crippen LogP contribution is 2.34. The summed E-state index contributed by atoms with van der Waals surface area (Å²) in [7, 11) is 6.45. The molecule has 0 saturated heterocycles. The lowest BCUT2D eigenvalue weighted by Crippen LogP contribution is -2.42.